The van der Waals surface area contributed by atoms with Crippen LogP contribution in [0.15, 0.2) is 18.2 Å². The maximum atomic E-state index is 11.5. The molecule has 0 spiro atoms. The molecular formula is C13H18N2O5. The van der Waals surface area contributed by atoms with Crippen LogP contribution >= 0.6 is 0 Å². The highest BCUT2D eigenvalue weighted by Crippen LogP contribution is 2.24. The van der Waals surface area contributed by atoms with E-state index in [1.165, 1.54) is 12.1 Å². The Hall–Kier alpha value is -2.28. The fourth-order valence-corrected chi connectivity index (χ4v) is 1.46. The highest BCUT2D eigenvalue weighted by atomic mass is 16.5. The Morgan fingerprint density at radius 2 is 2.10 bits per heavy atom. The third-order valence-corrected chi connectivity index (χ3v) is 2.45. The summed E-state index contributed by atoms with van der Waals surface area (Å²) in [5.74, 6) is -1.44. The summed E-state index contributed by atoms with van der Waals surface area (Å²) in [6.07, 6.45) is 0.686. The standard InChI is InChI=1S/C13H18N2O5/c1-2-20-7-3-6-14-13(19)15-10-5-4-9(12(17)18)8-11(10)16/h4-5,8,16H,2-3,6-7H2,1H3,(H,17,18)(H2,14,15,19). The molecule has 0 radical (unpaired) electrons. The Labute approximate surface area is 116 Å². The maximum absolute atomic E-state index is 11.5. The number of anilines is 1. The van der Waals surface area contributed by atoms with Crippen LogP contribution in [0.3, 0.4) is 0 Å². The first kappa shape index (κ1) is 15.8. The summed E-state index contributed by atoms with van der Waals surface area (Å²) in [7, 11) is 0. The molecule has 1 rings (SSSR count). The molecule has 0 saturated carbocycles. The monoisotopic (exact) mass is 282 g/mol. The van der Waals surface area contributed by atoms with Gasteiger partial charge >= 0.3 is 12.0 Å². The number of benzene rings is 1. The molecule has 7 nitrogen and oxygen atoms in total. The summed E-state index contributed by atoms with van der Waals surface area (Å²) in [6, 6.07) is 3.23. The molecule has 0 bridgehead atoms. The number of phenolic OH excluding ortho intramolecular Hbond substituents is 1. The third kappa shape index (κ3) is 5.15. The summed E-state index contributed by atoms with van der Waals surface area (Å²) >= 11 is 0. The van der Waals surface area contributed by atoms with E-state index >= 15 is 0 Å². The lowest BCUT2D eigenvalue weighted by Crippen LogP contribution is -2.30. The van der Waals surface area contributed by atoms with Gasteiger partial charge in [0.15, 0.2) is 0 Å². The van der Waals surface area contributed by atoms with Crippen LogP contribution in [0.2, 0.25) is 0 Å². The first-order chi connectivity index (χ1) is 9.54. The number of carbonyl (C=O) groups excluding carboxylic acids is 1. The van der Waals surface area contributed by atoms with Gasteiger partial charge in [-0.25, -0.2) is 9.59 Å². The lowest BCUT2D eigenvalue weighted by molar-refractivity contribution is 0.0696. The first-order valence-electron chi connectivity index (χ1n) is 6.23. The average molecular weight is 282 g/mol. The lowest BCUT2D eigenvalue weighted by Gasteiger charge is -2.09. The van der Waals surface area contributed by atoms with Gasteiger partial charge in [0.25, 0.3) is 0 Å². The van der Waals surface area contributed by atoms with E-state index in [-0.39, 0.29) is 17.0 Å². The number of ether oxygens (including phenoxy) is 1. The number of aromatic hydroxyl groups is 1. The van der Waals surface area contributed by atoms with Gasteiger partial charge in [-0.2, -0.15) is 0 Å². The SMILES string of the molecule is CCOCCCNC(=O)Nc1ccc(C(=O)O)cc1O. The summed E-state index contributed by atoms with van der Waals surface area (Å²) in [5.41, 5.74) is 0.0995. The molecular weight excluding hydrogens is 264 g/mol. The van der Waals surface area contributed by atoms with Crippen molar-refractivity contribution in [3.8, 4) is 5.75 Å². The Bertz CT molecular complexity index is 476. The van der Waals surface area contributed by atoms with E-state index < -0.39 is 12.0 Å². The van der Waals surface area contributed by atoms with Crippen LogP contribution in [0.1, 0.15) is 23.7 Å². The van der Waals surface area contributed by atoms with Crippen LogP contribution < -0.4 is 10.6 Å². The number of carboxylic acids is 1. The highest BCUT2D eigenvalue weighted by molar-refractivity contribution is 5.93. The van der Waals surface area contributed by atoms with Gasteiger partial charge in [0.05, 0.1) is 11.3 Å². The summed E-state index contributed by atoms with van der Waals surface area (Å²) in [6.45, 7) is 3.54. The van der Waals surface area contributed by atoms with Gasteiger partial charge in [0, 0.05) is 19.8 Å². The van der Waals surface area contributed by atoms with Crippen molar-refractivity contribution < 1.29 is 24.5 Å². The Kier molecular flexibility index (Phi) is 6.31. The smallest absolute Gasteiger partial charge is 0.335 e. The van der Waals surface area contributed by atoms with E-state index in [1.807, 2.05) is 6.92 Å². The molecule has 0 aliphatic heterocycles. The number of rotatable bonds is 7. The molecule has 0 aliphatic rings. The zero-order valence-electron chi connectivity index (χ0n) is 11.2. The number of amides is 2. The number of hydrogen-bond donors (Lipinski definition) is 4. The van der Waals surface area contributed by atoms with Crippen LogP contribution in [0, 0.1) is 0 Å². The van der Waals surface area contributed by atoms with Crippen molar-refractivity contribution in [3.05, 3.63) is 23.8 Å². The largest absolute Gasteiger partial charge is 0.506 e. The van der Waals surface area contributed by atoms with Crippen LogP contribution in [-0.2, 0) is 4.74 Å². The molecule has 1 aromatic carbocycles. The molecule has 110 valence electrons. The molecule has 7 heteroatoms. The van der Waals surface area contributed by atoms with Gasteiger partial charge in [-0.15, -0.1) is 0 Å². The molecule has 0 fully saturated rings. The number of carbonyl (C=O) groups is 2. The highest BCUT2D eigenvalue weighted by Gasteiger charge is 2.09. The number of urea groups is 1. The van der Waals surface area contributed by atoms with Gasteiger partial charge in [-0.3, -0.25) is 0 Å². The molecule has 4 N–H and O–H groups in total. The predicted molar refractivity (Wildman–Crippen MR) is 73.2 cm³/mol. The van der Waals surface area contributed by atoms with Crippen LogP contribution in [-0.4, -0.2) is 42.0 Å². The van der Waals surface area contributed by atoms with Crippen molar-refractivity contribution in [2.24, 2.45) is 0 Å². The van der Waals surface area contributed by atoms with E-state index in [4.69, 9.17) is 9.84 Å². The third-order valence-electron chi connectivity index (χ3n) is 2.45. The minimum Gasteiger partial charge on any atom is -0.506 e. The number of carboxylic acid groups (broad SMARTS) is 1. The average Bonchev–Trinajstić information content (AvgIpc) is 2.40. The van der Waals surface area contributed by atoms with Crippen molar-refractivity contribution in [2.75, 3.05) is 25.1 Å². The van der Waals surface area contributed by atoms with Crippen molar-refractivity contribution in [2.45, 2.75) is 13.3 Å². The van der Waals surface area contributed by atoms with E-state index in [0.717, 1.165) is 6.07 Å². The molecule has 1 aromatic rings. The minimum absolute atomic E-state index is 0.0508. The predicted octanol–water partition coefficient (Wildman–Crippen LogP) is 1.64. The van der Waals surface area contributed by atoms with Crippen molar-refractivity contribution in [3.63, 3.8) is 0 Å². The second kappa shape index (κ2) is 8.00. The van der Waals surface area contributed by atoms with Crippen LogP contribution in [0.4, 0.5) is 10.5 Å². The van der Waals surface area contributed by atoms with Crippen LogP contribution in [0.5, 0.6) is 5.75 Å². The molecule has 20 heavy (non-hydrogen) atoms. The summed E-state index contributed by atoms with van der Waals surface area (Å²) in [4.78, 5) is 22.2. The van der Waals surface area contributed by atoms with Crippen molar-refractivity contribution in [1.29, 1.82) is 0 Å². The number of hydrogen-bond acceptors (Lipinski definition) is 4. The number of nitrogens with one attached hydrogen (secondary N) is 2. The summed E-state index contributed by atoms with van der Waals surface area (Å²) < 4.78 is 5.12. The number of aromatic carboxylic acids is 1. The molecule has 0 aliphatic carbocycles. The second-order valence-corrected chi connectivity index (χ2v) is 3.97. The lowest BCUT2D eigenvalue weighted by atomic mass is 10.2. The molecule has 0 atom stereocenters. The van der Waals surface area contributed by atoms with Crippen LogP contribution in [0.25, 0.3) is 0 Å². The molecule has 0 unspecified atom stereocenters. The van der Waals surface area contributed by atoms with E-state index in [2.05, 4.69) is 10.6 Å². The fraction of sp³-hybridized carbons (Fsp3) is 0.385. The van der Waals surface area contributed by atoms with Gasteiger partial charge in [-0.05, 0) is 31.5 Å². The Morgan fingerprint density at radius 3 is 2.70 bits per heavy atom. The van der Waals surface area contributed by atoms with E-state index in [0.29, 0.717) is 26.2 Å². The fourth-order valence-electron chi connectivity index (χ4n) is 1.46. The molecule has 2 amide bonds. The zero-order chi connectivity index (χ0) is 15.0. The normalized spacial score (nSPS) is 10.1. The maximum Gasteiger partial charge on any atom is 0.335 e. The van der Waals surface area contributed by atoms with E-state index in [9.17, 15) is 14.7 Å². The minimum atomic E-state index is -1.15. The van der Waals surface area contributed by atoms with Crippen molar-refractivity contribution >= 4 is 17.7 Å². The number of phenols is 1. The van der Waals surface area contributed by atoms with Gasteiger partial charge in [-0.1, -0.05) is 0 Å². The Morgan fingerprint density at radius 1 is 1.35 bits per heavy atom. The molecule has 0 aromatic heterocycles. The van der Waals surface area contributed by atoms with Gasteiger partial charge in [0.2, 0.25) is 0 Å². The molecule has 0 heterocycles. The first-order valence-corrected chi connectivity index (χ1v) is 6.23. The quantitative estimate of drug-likeness (QED) is 0.449. The van der Waals surface area contributed by atoms with Gasteiger partial charge in [0.1, 0.15) is 5.75 Å². The zero-order valence-corrected chi connectivity index (χ0v) is 11.2. The second-order valence-electron chi connectivity index (χ2n) is 3.97. The van der Waals surface area contributed by atoms with Gasteiger partial charge < -0.3 is 25.6 Å². The Balaban J connectivity index is 2.44. The summed E-state index contributed by atoms with van der Waals surface area (Å²) in [5, 5.41) is 23.4. The van der Waals surface area contributed by atoms with E-state index in [1.54, 1.807) is 0 Å². The topological polar surface area (TPSA) is 108 Å². The molecule has 0 saturated heterocycles. The van der Waals surface area contributed by atoms with Crippen molar-refractivity contribution in [1.82, 2.24) is 5.32 Å².